The van der Waals surface area contributed by atoms with Crippen LogP contribution >= 0.6 is 11.3 Å². The van der Waals surface area contributed by atoms with Crippen LogP contribution in [0.1, 0.15) is 42.3 Å². The highest BCUT2D eigenvalue weighted by Crippen LogP contribution is 2.41. The van der Waals surface area contributed by atoms with Gasteiger partial charge in [0.25, 0.3) is 0 Å². The minimum Gasteiger partial charge on any atom is -0.246 e. The van der Waals surface area contributed by atoms with Crippen LogP contribution < -0.4 is 0 Å². The summed E-state index contributed by atoms with van der Waals surface area (Å²) in [5.41, 5.74) is 1.38. The van der Waals surface area contributed by atoms with Crippen molar-refractivity contribution in [1.29, 1.82) is 0 Å². The Balaban J connectivity index is 1.72. The van der Waals surface area contributed by atoms with E-state index in [1.807, 2.05) is 11.3 Å². The maximum atomic E-state index is 4.67. The van der Waals surface area contributed by atoms with Crippen molar-refractivity contribution < 1.29 is 0 Å². The molecule has 0 saturated heterocycles. The molecule has 2 aliphatic rings. The summed E-state index contributed by atoms with van der Waals surface area (Å²) in [7, 11) is 0. The largest absolute Gasteiger partial charge is 0.246 e. The molecule has 1 heterocycles. The molecule has 0 unspecified atom stereocenters. The molecule has 0 spiro atoms. The molecule has 1 aromatic heterocycles. The Morgan fingerprint density at radius 2 is 2.17 bits per heavy atom. The molecule has 0 aromatic carbocycles. The van der Waals surface area contributed by atoms with Crippen LogP contribution in [0.25, 0.3) is 0 Å². The SMILES string of the molecule is c1sc(CC2CC2)nc1C1CC1. The summed E-state index contributed by atoms with van der Waals surface area (Å²) in [6.07, 6.45) is 6.91. The van der Waals surface area contributed by atoms with Crippen LogP contribution in [0, 0.1) is 5.92 Å². The molecule has 0 N–H and O–H groups in total. The van der Waals surface area contributed by atoms with E-state index in [0.29, 0.717) is 0 Å². The summed E-state index contributed by atoms with van der Waals surface area (Å²) < 4.78 is 0. The second-order valence-electron chi connectivity index (χ2n) is 4.09. The van der Waals surface area contributed by atoms with Crippen LogP contribution in [0.5, 0.6) is 0 Å². The van der Waals surface area contributed by atoms with Gasteiger partial charge >= 0.3 is 0 Å². The zero-order valence-corrected chi connectivity index (χ0v) is 7.94. The highest BCUT2D eigenvalue weighted by molar-refractivity contribution is 7.09. The molecular weight excluding hydrogens is 166 g/mol. The van der Waals surface area contributed by atoms with Gasteiger partial charge in [-0.05, 0) is 31.6 Å². The van der Waals surface area contributed by atoms with Gasteiger partial charge < -0.3 is 0 Å². The third-order valence-electron chi connectivity index (χ3n) is 2.73. The quantitative estimate of drug-likeness (QED) is 0.695. The van der Waals surface area contributed by atoms with E-state index in [1.54, 1.807) is 0 Å². The molecule has 0 atom stereocenters. The molecule has 0 bridgehead atoms. The number of rotatable bonds is 3. The summed E-state index contributed by atoms with van der Waals surface area (Å²) in [5.74, 6) is 1.83. The van der Waals surface area contributed by atoms with Crippen molar-refractivity contribution in [3.63, 3.8) is 0 Å². The lowest BCUT2D eigenvalue weighted by Gasteiger charge is -1.90. The molecule has 0 aliphatic heterocycles. The van der Waals surface area contributed by atoms with Crippen LogP contribution in [0.3, 0.4) is 0 Å². The summed E-state index contributed by atoms with van der Waals surface area (Å²) in [6, 6.07) is 0. The number of aromatic nitrogens is 1. The molecule has 1 nitrogen and oxygen atoms in total. The Kier molecular flexibility index (Phi) is 1.51. The van der Waals surface area contributed by atoms with Crippen LogP contribution in [-0.2, 0) is 6.42 Å². The highest BCUT2D eigenvalue weighted by Gasteiger charge is 2.27. The van der Waals surface area contributed by atoms with E-state index in [4.69, 9.17) is 0 Å². The smallest absolute Gasteiger partial charge is 0.0931 e. The van der Waals surface area contributed by atoms with E-state index >= 15 is 0 Å². The van der Waals surface area contributed by atoms with Crippen LogP contribution in [-0.4, -0.2) is 4.98 Å². The van der Waals surface area contributed by atoms with Gasteiger partial charge in [0.2, 0.25) is 0 Å². The lowest BCUT2D eigenvalue weighted by molar-refractivity contribution is 0.816. The number of hydrogen-bond acceptors (Lipinski definition) is 2. The van der Waals surface area contributed by atoms with E-state index in [2.05, 4.69) is 10.4 Å². The Morgan fingerprint density at radius 3 is 2.83 bits per heavy atom. The zero-order valence-electron chi connectivity index (χ0n) is 7.12. The third kappa shape index (κ3) is 1.40. The van der Waals surface area contributed by atoms with Gasteiger partial charge in [0.15, 0.2) is 0 Å². The van der Waals surface area contributed by atoms with Gasteiger partial charge in [-0.2, -0.15) is 0 Å². The topological polar surface area (TPSA) is 12.9 Å². The lowest BCUT2D eigenvalue weighted by atomic mass is 10.3. The fourth-order valence-electron chi connectivity index (χ4n) is 1.55. The zero-order chi connectivity index (χ0) is 7.97. The second kappa shape index (κ2) is 2.56. The lowest BCUT2D eigenvalue weighted by Crippen LogP contribution is -1.86. The first-order chi connectivity index (χ1) is 5.92. The predicted molar refractivity (Wildman–Crippen MR) is 50.5 cm³/mol. The molecule has 2 saturated carbocycles. The van der Waals surface area contributed by atoms with Gasteiger partial charge in [0.05, 0.1) is 10.7 Å². The fraction of sp³-hybridized carbons (Fsp3) is 0.700. The van der Waals surface area contributed by atoms with Crippen molar-refractivity contribution in [1.82, 2.24) is 4.98 Å². The first kappa shape index (κ1) is 7.07. The van der Waals surface area contributed by atoms with Crippen molar-refractivity contribution in [3.8, 4) is 0 Å². The molecule has 1 aromatic rings. The van der Waals surface area contributed by atoms with E-state index in [-0.39, 0.29) is 0 Å². The molecule has 12 heavy (non-hydrogen) atoms. The molecule has 2 aliphatic carbocycles. The van der Waals surface area contributed by atoms with E-state index in [1.165, 1.54) is 42.8 Å². The Hall–Kier alpha value is -0.370. The molecule has 3 rings (SSSR count). The van der Waals surface area contributed by atoms with Crippen LogP contribution in [0.15, 0.2) is 5.38 Å². The van der Waals surface area contributed by atoms with Gasteiger partial charge in [-0.1, -0.05) is 0 Å². The molecule has 2 fully saturated rings. The number of hydrogen-bond donors (Lipinski definition) is 0. The Labute approximate surface area is 76.8 Å². The molecular formula is C10H13NS. The van der Waals surface area contributed by atoms with Gasteiger partial charge in [0, 0.05) is 17.7 Å². The van der Waals surface area contributed by atoms with Crippen molar-refractivity contribution in [3.05, 3.63) is 16.1 Å². The molecule has 2 heteroatoms. The molecule has 0 amide bonds. The average Bonchev–Trinajstić information content (AvgIpc) is 2.92. The van der Waals surface area contributed by atoms with Crippen LogP contribution in [0.4, 0.5) is 0 Å². The monoisotopic (exact) mass is 179 g/mol. The van der Waals surface area contributed by atoms with Crippen LogP contribution in [0.2, 0.25) is 0 Å². The van der Waals surface area contributed by atoms with Crippen molar-refractivity contribution in [2.24, 2.45) is 5.92 Å². The van der Waals surface area contributed by atoms with Gasteiger partial charge in [-0.15, -0.1) is 11.3 Å². The standard InChI is InChI=1S/C10H13NS/c1-2-7(1)5-10-11-9(6-12-10)8-3-4-8/h6-8H,1-5H2. The highest BCUT2D eigenvalue weighted by atomic mass is 32.1. The van der Waals surface area contributed by atoms with Crippen molar-refractivity contribution in [2.45, 2.75) is 38.0 Å². The second-order valence-corrected chi connectivity index (χ2v) is 5.03. The predicted octanol–water partition coefficient (Wildman–Crippen LogP) is 2.97. The maximum absolute atomic E-state index is 4.67. The summed E-state index contributed by atoms with van der Waals surface area (Å²) >= 11 is 1.88. The Bertz CT molecular complexity index is 284. The molecule has 0 radical (unpaired) electrons. The minimum absolute atomic E-state index is 0.842. The van der Waals surface area contributed by atoms with Crippen molar-refractivity contribution in [2.75, 3.05) is 0 Å². The average molecular weight is 179 g/mol. The number of thiazole rings is 1. The van der Waals surface area contributed by atoms with Gasteiger partial charge in [0.1, 0.15) is 0 Å². The normalized spacial score (nSPS) is 23.0. The summed E-state index contributed by atoms with van der Waals surface area (Å²) in [6.45, 7) is 0. The van der Waals surface area contributed by atoms with Gasteiger partial charge in [-0.3, -0.25) is 0 Å². The van der Waals surface area contributed by atoms with Crippen molar-refractivity contribution >= 4 is 11.3 Å². The number of nitrogens with zero attached hydrogens (tertiary/aromatic N) is 1. The van der Waals surface area contributed by atoms with E-state index in [9.17, 15) is 0 Å². The molecule has 64 valence electrons. The first-order valence-electron chi connectivity index (χ1n) is 4.86. The fourth-order valence-corrected chi connectivity index (χ4v) is 2.55. The summed E-state index contributed by atoms with van der Waals surface area (Å²) in [4.78, 5) is 4.67. The van der Waals surface area contributed by atoms with E-state index < -0.39 is 0 Å². The first-order valence-corrected chi connectivity index (χ1v) is 5.74. The maximum Gasteiger partial charge on any atom is 0.0931 e. The minimum atomic E-state index is 0.842. The van der Waals surface area contributed by atoms with Gasteiger partial charge in [-0.25, -0.2) is 4.98 Å². The summed E-state index contributed by atoms with van der Waals surface area (Å²) in [5, 5.41) is 3.66. The Morgan fingerprint density at radius 1 is 1.33 bits per heavy atom. The van der Waals surface area contributed by atoms with E-state index in [0.717, 1.165) is 11.8 Å². The third-order valence-corrected chi connectivity index (χ3v) is 3.61.